The van der Waals surface area contributed by atoms with Gasteiger partial charge in [-0.2, -0.15) is 13.2 Å². The third-order valence-electron chi connectivity index (χ3n) is 3.62. The van der Waals surface area contributed by atoms with Gasteiger partial charge in [0, 0.05) is 19.7 Å². The Hall–Kier alpha value is -3.03. The number of methoxy groups -OCH3 is 1. The van der Waals surface area contributed by atoms with E-state index in [1.54, 1.807) is 19.0 Å². The van der Waals surface area contributed by atoms with Crippen molar-refractivity contribution >= 4 is 23.3 Å². The number of halogens is 3. The Morgan fingerprint density at radius 3 is 2.08 bits per heavy atom. The Morgan fingerprint density at radius 2 is 1.58 bits per heavy atom. The van der Waals surface area contributed by atoms with E-state index >= 15 is 0 Å². The lowest BCUT2D eigenvalue weighted by Gasteiger charge is -2.20. The topological polar surface area (TPSA) is 58.6 Å². The number of nitrogens with zero attached hydrogens (tertiary/aromatic N) is 1. The predicted octanol–water partition coefficient (Wildman–Crippen LogP) is 3.81. The van der Waals surface area contributed by atoms with Gasteiger partial charge in [0.1, 0.15) is 0 Å². The van der Waals surface area contributed by atoms with Crippen molar-refractivity contribution in [1.82, 2.24) is 0 Å². The lowest BCUT2D eigenvalue weighted by molar-refractivity contribution is -0.137. The smallest absolute Gasteiger partial charge is 0.416 e. The van der Waals surface area contributed by atoms with Gasteiger partial charge in [0.15, 0.2) is 0 Å². The molecule has 138 valence electrons. The fraction of sp³-hybridized carbons (Fsp3) is 0.222. The molecular formula is C18H17F3N2O3. The molecule has 0 radical (unpaired) electrons. The first-order valence-corrected chi connectivity index (χ1v) is 7.52. The largest absolute Gasteiger partial charge is 0.465 e. The van der Waals surface area contributed by atoms with E-state index in [1.165, 1.54) is 37.4 Å². The molecule has 0 atom stereocenters. The van der Waals surface area contributed by atoms with Gasteiger partial charge in [-0.05, 0) is 42.5 Å². The highest BCUT2D eigenvalue weighted by Gasteiger charge is 2.31. The number of rotatable bonds is 4. The number of hydrogen-bond acceptors (Lipinski definition) is 4. The molecule has 0 saturated carbocycles. The number of carbonyl (C=O) groups excluding carboxylic acids is 2. The number of ether oxygens (including phenoxy) is 1. The lowest BCUT2D eigenvalue weighted by Crippen LogP contribution is -2.18. The minimum absolute atomic E-state index is 0.0341. The Balaban J connectivity index is 2.31. The summed E-state index contributed by atoms with van der Waals surface area (Å²) in [6, 6.07) is 8.72. The highest BCUT2D eigenvalue weighted by atomic mass is 19.4. The number of esters is 1. The maximum Gasteiger partial charge on any atom is 0.416 e. The molecule has 0 aliphatic rings. The zero-order chi connectivity index (χ0) is 19.5. The van der Waals surface area contributed by atoms with Gasteiger partial charge < -0.3 is 15.0 Å². The Labute approximate surface area is 148 Å². The molecular weight excluding hydrogens is 349 g/mol. The molecule has 2 aromatic rings. The number of amides is 1. The molecule has 0 aromatic heterocycles. The molecule has 0 unspecified atom stereocenters. The van der Waals surface area contributed by atoms with Crippen LogP contribution in [0.4, 0.5) is 24.5 Å². The molecule has 2 rings (SSSR count). The number of carbonyl (C=O) groups is 2. The standard InChI is InChI=1S/C18H17F3N2O3/c1-23(2)15-9-8-13(18(19,20)21)10-14(15)22-16(24)11-4-6-12(7-5-11)17(25)26-3/h4-10H,1-3H3,(H,22,24). The van der Waals surface area contributed by atoms with Crippen LogP contribution < -0.4 is 10.2 Å². The molecule has 5 nitrogen and oxygen atoms in total. The van der Waals surface area contributed by atoms with Crippen LogP contribution in [-0.4, -0.2) is 33.1 Å². The summed E-state index contributed by atoms with van der Waals surface area (Å²) in [7, 11) is 4.55. The summed E-state index contributed by atoms with van der Waals surface area (Å²) in [5, 5.41) is 2.49. The highest BCUT2D eigenvalue weighted by Crippen LogP contribution is 2.35. The van der Waals surface area contributed by atoms with Crippen LogP contribution in [0.25, 0.3) is 0 Å². The lowest BCUT2D eigenvalue weighted by atomic mass is 10.1. The first kappa shape index (κ1) is 19.3. The van der Waals surface area contributed by atoms with Gasteiger partial charge in [0.25, 0.3) is 5.91 Å². The zero-order valence-electron chi connectivity index (χ0n) is 14.3. The van der Waals surface area contributed by atoms with E-state index in [2.05, 4.69) is 10.1 Å². The van der Waals surface area contributed by atoms with Gasteiger partial charge in [0.05, 0.1) is 29.6 Å². The van der Waals surface area contributed by atoms with Crippen molar-refractivity contribution in [2.24, 2.45) is 0 Å². The van der Waals surface area contributed by atoms with Crippen LogP contribution in [0.5, 0.6) is 0 Å². The first-order valence-electron chi connectivity index (χ1n) is 7.52. The van der Waals surface area contributed by atoms with Crippen LogP contribution in [-0.2, 0) is 10.9 Å². The molecule has 1 N–H and O–H groups in total. The number of nitrogens with one attached hydrogen (secondary N) is 1. The maximum absolute atomic E-state index is 12.9. The van der Waals surface area contributed by atoms with E-state index in [-0.39, 0.29) is 16.8 Å². The van der Waals surface area contributed by atoms with Crippen molar-refractivity contribution in [3.05, 3.63) is 59.2 Å². The number of anilines is 2. The average molecular weight is 366 g/mol. The van der Waals surface area contributed by atoms with Crippen LogP contribution in [0.15, 0.2) is 42.5 Å². The van der Waals surface area contributed by atoms with E-state index in [0.29, 0.717) is 5.69 Å². The van der Waals surface area contributed by atoms with Gasteiger partial charge in [-0.1, -0.05) is 0 Å². The summed E-state index contributed by atoms with van der Waals surface area (Å²) in [4.78, 5) is 25.4. The van der Waals surface area contributed by atoms with E-state index in [0.717, 1.165) is 12.1 Å². The summed E-state index contributed by atoms with van der Waals surface area (Å²) < 4.78 is 43.4. The average Bonchev–Trinajstić information content (AvgIpc) is 2.60. The third kappa shape index (κ3) is 4.33. The second kappa shape index (κ2) is 7.47. The molecule has 0 spiro atoms. The van der Waals surface area contributed by atoms with Crippen molar-refractivity contribution in [3.63, 3.8) is 0 Å². The molecule has 0 aliphatic heterocycles. The summed E-state index contributed by atoms with van der Waals surface area (Å²) in [6.45, 7) is 0. The molecule has 0 fully saturated rings. The highest BCUT2D eigenvalue weighted by molar-refractivity contribution is 6.06. The SMILES string of the molecule is COC(=O)c1ccc(C(=O)Nc2cc(C(F)(F)F)ccc2N(C)C)cc1. The quantitative estimate of drug-likeness (QED) is 0.836. The minimum atomic E-state index is -4.52. The second-order valence-electron chi connectivity index (χ2n) is 5.65. The van der Waals surface area contributed by atoms with E-state index in [9.17, 15) is 22.8 Å². The fourth-order valence-electron chi connectivity index (χ4n) is 2.27. The molecule has 2 aromatic carbocycles. The third-order valence-corrected chi connectivity index (χ3v) is 3.62. The minimum Gasteiger partial charge on any atom is -0.465 e. The van der Waals surface area contributed by atoms with Gasteiger partial charge in [-0.25, -0.2) is 4.79 Å². The molecule has 0 aliphatic carbocycles. The predicted molar refractivity (Wildman–Crippen MR) is 91.5 cm³/mol. The molecule has 0 bridgehead atoms. The van der Waals surface area contributed by atoms with Gasteiger partial charge >= 0.3 is 12.1 Å². The summed E-state index contributed by atoms with van der Waals surface area (Å²) in [6.07, 6.45) is -4.52. The van der Waals surface area contributed by atoms with Crippen molar-refractivity contribution in [2.75, 3.05) is 31.4 Å². The molecule has 0 heterocycles. The number of hydrogen-bond donors (Lipinski definition) is 1. The Bertz CT molecular complexity index is 815. The molecule has 1 amide bonds. The number of alkyl halides is 3. The summed E-state index contributed by atoms with van der Waals surface area (Å²) in [5.41, 5.74) is 0.0562. The van der Waals surface area contributed by atoms with Crippen LogP contribution in [0.1, 0.15) is 26.3 Å². The monoisotopic (exact) mass is 366 g/mol. The zero-order valence-corrected chi connectivity index (χ0v) is 14.3. The van der Waals surface area contributed by atoms with Crippen LogP contribution in [0.3, 0.4) is 0 Å². The fourth-order valence-corrected chi connectivity index (χ4v) is 2.27. The van der Waals surface area contributed by atoms with Crippen molar-refractivity contribution < 1.29 is 27.5 Å². The van der Waals surface area contributed by atoms with Crippen LogP contribution in [0.2, 0.25) is 0 Å². The van der Waals surface area contributed by atoms with E-state index in [1.807, 2.05) is 0 Å². The first-order chi connectivity index (χ1) is 12.1. The summed E-state index contributed by atoms with van der Waals surface area (Å²) >= 11 is 0. The van der Waals surface area contributed by atoms with E-state index in [4.69, 9.17) is 0 Å². The maximum atomic E-state index is 12.9. The van der Waals surface area contributed by atoms with Gasteiger partial charge in [0.2, 0.25) is 0 Å². The van der Waals surface area contributed by atoms with Crippen molar-refractivity contribution in [1.29, 1.82) is 0 Å². The van der Waals surface area contributed by atoms with Gasteiger partial charge in [-0.3, -0.25) is 4.79 Å². The molecule has 26 heavy (non-hydrogen) atoms. The van der Waals surface area contributed by atoms with Crippen molar-refractivity contribution in [2.45, 2.75) is 6.18 Å². The van der Waals surface area contributed by atoms with Crippen molar-refractivity contribution in [3.8, 4) is 0 Å². The normalized spacial score (nSPS) is 11.0. The molecule has 8 heteroatoms. The summed E-state index contributed by atoms with van der Waals surface area (Å²) in [5.74, 6) is -1.14. The Morgan fingerprint density at radius 1 is 1.00 bits per heavy atom. The Kier molecular flexibility index (Phi) is 5.54. The second-order valence-corrected chi connectivity index (χ2v) is 5.65. The van der Waals surface area contributed by atoms with Crippen LogP contribution >= 0.6 is 0 Å². The van der Waals surface area contributed by atoms with E-state index < -0.39 is 23.6 Å². The number of benzene rings is 2. The molecule has 0 saturated heterocycles. The van der Waals surface area contributed by atoms with Crippen LogP contribution in [0, 0.1) is 0 Å². The van der Waals surface area contributed by atoms with Gasteiger partial charge in [-0.15, -0.1) is 0 Å².